The second kappa shape index (κ2) is 2.83. The molecule has 0 aliphatic carbocycles. The van der Waals surface area contributed by atoms with Gasteiger partial charge in [0.1, 0.15) is 13.6 Å². The first-order valence-electron chi connectivity index (χ1n) is 3.83. The number of benzene rings is 1. The Hall–Kier alpha value is -0.955. The zero-order chi connectivity index (χ0) is 8.55. The third kappa shape index (κ3) is 1.10. The number of thiophene rings is 1. The summed E-state index contributed by atoms with van der Waals surface area (Å²) < 4.78 is 6.44. The van der Waals surface area contributed by atoms with E-state index in [1.54, 1.807) is 18.4 Å². The Morgan fingerprint density at radius 3 is 3.00 bits per heavy atom. The lowest BCUT2D eigenvalue weighted by Crippen LogP contribution is -1.96. The zero-order valence-electron chi connectivity index (χ0n) is 7.13. The molecule has 0 saturated heterocycles. The molecule has 1 nitrogen and oxygen atoms in total. The van der Waals surface area contributed by atoms with Gasteiger partial charge in [0.15, 0.2) is 0 Å². The van der Waals surface area contributed by atoms with Crippen molar-refractivity contribution >= 4 is 34.7 Å². The lowest BCUT2D eigenvalue weighted by Gasteiger charge is -1.98. The van der Waals surface area contributed by atoms with Crippen LogP contribution in [-0.4, -0.2) is 15.0 Å². The third-order valence-electron chi connectivity index (χ3n) is 1.98. The normalized spacial score (nSPS) is 10.4. The van der Waals surface area contributed by atoms with E-state index in [1.807, 2.05) is 6.07 Å². The zero-order valence-corrected chi connectivity index (χ0v) is 7.94. The summed E-state index contributed by atoms with van der Waals surface area (Å²) in [6.45, 7) is 0. The predicted molar refractivity (Wildman–Crippen MR) is 56.6 cm³/mol. The molecule has 0 N–H and O–H groups in total. The number of ether oxygens (including phenoxy) is 1. The van der Waals surface area contributed by atoms with Gasteiger partial charge in [0, 0.05) is 4.70 Å². The largest absolute Gasteiger partial charge is 0.497 e. The first-order valence-corrected chi connectivity index (χ1v) is 4.71. The number of hydrogen-bond acceptors (Lipinski definition) is 2. The average molecular weight is 176 g/mol. The molecule has 0 amide bonds. The molecule has 0 spiro atoms. The van der Waals surface area contributed by atoms with Gasteiger partial charge in [-0.25, -0.2) is 0 Å². The molecule has 0 aliphatic heterocycles. The van der Waals surface area contributed by atoms with E-state index in [4.69, 9.17) is 4.74 Å². The highest BCUT2D eigenvalue weighted by atomic mass is 32.1. The summed E-state index contributed by atoms with van der Waals surface area (Å²) in [5, 5.41) is 3.50. The average Bonchev–Trinajstić information content (AvgIpc) is 2.47. The van der Waals surface area contributed by atoms with Gasteiger partial charge in [-0.2, -0.15) is 0 Å². The smallest absolute Gasteiger partial charge is 0.141 e. The minimum absolute atomic E-state index is 0.935. The van der Waals surface area contributed by atoms with Crippen LogP contribution in [0, 0.1) is 0 Å². The van der Waals surface area contributed by atoms with Crippen molar-refractivity contribution in [2.45, 2.75) is 0 Å². The van der Waals surface area contributed by atoms with E-state index >= 15 is 0 Å². The van der Waals surface area contributed by atoms with Gasteiger partial charge in [-0.1, -0.05) is 11.5 Å². The van der Waals surface area contributed by atoms with Crippen molar-refractivity contribution in [3.05, 3.63) is 23.6 Å². The molecule has 0 aliphatic rings. The summed E-state index contributed by atoms with van der Waals surface area (Å²) in [5.41, 5.74) is 1.35. The van der Waals surface area contributed by atoms with Gasteiger partial charge in [0.05, 0.1) is 7.11 Å². The van der Waals surface area contributed by atoms with Crippen LogP contribution < -0.4 is 10.2 Å². The van der Waals surface area contributed by atoms with Gasteiger partial charge in [-0.3, -0.25) is 0 Å². The van der Waals surface area contributed by atoms with E-state index in [1.165, 1.54) is 15.5 Å². The second-order valence-corrected chi connectivity index (χ2v) is 3.69. The number of hydrogen-bond donors (Lipinski definition) is 0. The van der Waals surface area contributed by atoms with E-state index in [0.29, 0.717) is 0 Å². The fourth-order valence-electron chi connectivity index (χ4n) is 1.27. The summed E-state index contributed by atoms with van der Waals surface area (Å²) in [7, 11) is 3.83. The van der Waals surface area contributed by atoms with E-state index in [0.717, 1.165) is 5.75 Å². The minimum atomic E-state index is 0.935. The van der Waals surface area contributed by atoms with Crippen molar-refractivity contribution in [2.75, 3.05) is 7.11 Å². The highest BCUT2D eigenvalue weighted by molar-refractivity contribution is 7.18. The summed E-state index contributed by atoms with van der Waals surface area (Å²) >= 11 is 1.76. The van der Waals surface area contributed by atoms with Gasteiger partial charge >= 0.3 is 0 Å². The molecule has 0 atom stereocenters. The topological polar surface area (TPSA) is 9.23 Å². The van der Waals surface area contributed by atoms with Crippen molar-refractivity contribution in [2.24, 2.45) is 0 Å². The van der Waals surface area contributed by atoms with E-state index in [2.05, 4.69) is 25.4 Å². The molecule has 3 heteroatoms. The molecule has 1 aromatic carbocycles. The van der Waals surface area contributed by atoms with Crippen LogP contribution in [-0.2, 0) is 0 Å². The molecule has 60 valence electrons. The van der Waals surface area contributed by atoms with E-state index in [-0.39, 0.29) is 0 Å². The van der Waals surface area contributed by atoms with Gasteiger partial charge < -0.3 is 4.74 Å². The van der Waals surface area contributed by atoms with Crippen LogP contribution in [0.5, 0.6) is 5.75 Å². The van der Waals surface area contributed by atoms with Crippen molar-refractivity contribution in [3.8, 4) is 5.75 Å². The fourth-order valence-corrected chi connectivity index (χ4v) is 2.24. The Bertz CT molecular complexity index is 408. The molecule has 0 radical (unpaired) electrons. The Morgan fingerprint density at radius 1 is 1.42 bits per heavy atom. The quantitative estimate of drug-likeness (QED) is 0.592. The number of fused-ring (bicyclic) bond motifs is 1. The first kappa shape index (κ1) is 7.68. The molecule has 0 unspecified atom stereocenters. The number of methoxy groups -OCH3 is 1. The van der Waals surface area contributed by atoms with Crippen molar-refractivity contribution in [1.82, 2.24) is 0 Å². The van der Waals surface area contributed by atoms with Gasteiger partial charge in [-0.05, 0) is 22.9 Å². The van der Waals surface area contributed by atoms with Gasteiger partial charge in [-0.15, -0.1) is 11.3 Å². The minimum Gasteiger partial charge on any atom is -0.497 e. The maximum absolute atomic E-state index is 5.14. The van der Waals surface area contributed by atoms with Crippen LogP contribution in [0.25, 0.3) is 10.1 Å². The predicted octanol–water partition coefficient (Wildman–Crippen LogP) is 1.17. The van der Waals surface area contributed by atoms with Crippen LogP contribution in [0.1, 0.15) is 0 Å². The summed E-state index contributed by atoms with van der Waals surface area (Å²) in [6.07, 6.45) is 0. The Morgan fingerprint density at radius 2 is 2.25 bits per heavy atom. The highest BCUT2D eigenvalue weighted by Crippen LogP contribution is 2.23. The highest BCUT2D eigenvalue weighted by Gasteiger charge is 2.00. The molecule has 2 rings (SSSR count). The lowest BCUT2D eigenvalue weighted by molar-refractivity contribution is 0.415. The first-order chi connectivity index (χ1) is 5.81. The second-order valence-electron chi connectivity index (χ2n) is 2.78. The molecular weight excluding hydrogens is 167 g/mol. The van der Waals surface area contributed by atoms with Crippen LogP contribution >= 0.6 is 11.3 Å². The standard InChI is InChI=1S/C9H9BOS/c1-11-6-2-3-7-8(10)5-12-9(7)4-6/h2-5H,10H2,1H3. The van der Waals surface area contributed by atoms with Crippen LogP contribution in [0.2, 0.25) is 0 Å². The molecule has 0 fully saturated rings. The Balaban J connectivity index is 2.69. The summed E-state index contributed by atoms with van der Waals surface area (Å²) in [5.74, 6) is 0.935. The summed E-state index contributed by atoms with van der Waals surface area (Å²) in [4.78, 5) is 0. The Labute approximate surface area is 76.4 Å². The fraction of sp³-hybridized carbons (Fsp3) is 0.111. The third-order valence-corrected chi connectivity index (χ3v) is 3.04. The monoisotopic (exact) mass is 176 g/mol. The van der Waals surface area contributed by atoms with Crippen LogP contribution in [0.15, 0.2) is 23.6 Å². The molecule has 0 bridgehead atoms. The maximum atomic E-state index is 5.14. The SMILES string of the molecule is Bc1csc2cc(OC)ccc12. The van der Waals surface area contributed by atoms with Gasteiger partial charge in [0.2, 0.25) is 0 Å². The lowest BCUT2D eigenvalue weighted by atomic mass is 9.96. The molecular formula is C9H9BOS. The van der Waals surface area contributed by atoms with E-state index < -0.39 is 0 Å². The molecule has 2 aromatic rings. The van der Waals surface area contributed by atoms with Crippen LogP contribution in [0.4, 0.5) is 0 Å². The van der Waals surface area contributed by atoms with Gasteiger partial charge in [0.25, 0.3) is 0 Å². The molecule has 12 heavy (non-hydrogen) atoms. The van der Waals surface area contributed by atoms with Crippen LogP contribution in [0.3, 0.4) is 0 Å². The van der Waals surface area contributed by atoms with E-state index in [9.17, 15) is 0 Å². The molecule has 1 heterocycles. The Kier molecular flexibility index (Phi) is 1.81. The molecule has 1 aromatic heterocycles. The van der Waals surface area contributed by atoms with Crippen molar-refractivity contribution in [1.29, 1.82) is 0 Å². The summed E-state index contributed by atoms with van der Waals surface area (Å²) in [6, 6.07) is 6.19. The number of rotatable bonds is 1. The van der Waals surface area contributed by atoms with Crippen molar-refractivity contribution in [3.63, 3.8) is 0 Å². The molecule has 0 saturated carbocycles. The maximum Gasteiger partial charge on any atom is 0.141 e. The van der Waals surface area contributed by atoms with Crippen molar-refractivity contribution < 1.29 is 4.74 Å².